The molecule has 1 atom stereocenters. The first-order valence-electron chi connectivity index (χ1n) is 6.81. The van der Waals surface area contributed by atoms with Gasteiger partial charge in [0.2, 0.25) is 0 Å². The molecular weight excluding hydrogens is 270 g/mol. The summed E-state index contributed by atoms with van der Waals surface area (Å²) in [5, 5.41) is 3.14. The highest BCUT2D eigenvalue weighted by Gasteiger charge is 2.29. The summed E-state index contributed by atoms with van der Waals surface area (Å²) in [6.07, 6.45) is -4.21. The maximum atomic E-state index is 13.3. The molecule has 5 heteroatoms. The molecule has 20 heavy (non-hydrogen) atoms. The molecule has 0 saturated carbocycles. The van der Waals surface area contributed by atoms with Crippen LogP contribution in [0, 0.1) is 19.7 Å². The molecule has 1 aromatic rings. The first kappa shape index (κ1) is 17.0. The number of alkyl halides is 3. The molecule has 0 amide bonds. The van der Waals surface area contributed by atoms with E-state index in [0.29, 0.717) is 17.7 Å². The van der Waals surface area contributed by atoms with Gasteiger partial charge >= 0.3 is 6.18 Å². The Morgan fingerprint density at radius 2 is 1.70 bits per heavy atom. The molecule has 0 saturated heterocycles. The monoisotopic (exact) mass is 291 g/mol. The smallest absolute Gasteiger partial charge is 0.310 e. The lowest BCUT2D eigenvalue weighted by molar-refractivity contribution is -0.136. The number of hydrogen-bond acceptors (Lipinski definition) is 1. The van der Waals surface area contributed by atoms with Crippen molar-refractivity contribution in [2.24, 2.45) is 0 Å². The van der Waals surface area contributed by atoms with Gasteiger partial charge in [-0.2, -0.15) is 13.2 Å². The number of nitrogens with one attached hydrogen (secondary N) is 1. The zero-order valence-corrected chi connectivity index (χ0v) is 12.1. The molecule has 1 nitrogen and oxygen atoms in total. The Bertz CT molecular complexity index is 417. The number of hydrogen-bond donors (Lipinski definition) is 1. The maximum Gasteiger partial charge on any atom is 0.389 e. The van der Waals surface area contributed by atoms with E-state index < -0.39 is 18.6 Å². The predicted molar refractivity (Wildman–Crippen MR) is 72.2 cm³/mol. The van der Waals surface area contributed by atoms with E-state index in [1.54, 1.807) is 13.8 Å². The topological polar surface area (TPSA) is 12.0 Å². The van der Waals surface area contributed by atoms with E-state index in [1.165, 1.54) is 12.1 Å². The average Bonchev–Trinajstić information content (AvgIpc) is 2.29. The molecule has 0 bridgehead atoms. The van der Waals surface area contributed by atoms with Crippen LogP contribution in [0.3, 0.4) is 0 Å². The summed E-state index contributed by atoms with van der Waals surface area (Å²) in [4.78, 5) is 0. The Balaban J connectivity index is 2.98. The molecule has 0 radical (unpaired) electrons. The summed E-state index contributed by atoms with van der Waals surface area (Å²) in [7, 11) is 0. The second kappa shape index (κ2) is 7.07. The second-order valence-corrected chi connectivity index (χ2v) is 5.11. The lowest BCUT2D eigenvalue weighted by Gasteiger charge is -2.23. The second-order valence-electron chi connectivity index (χ2n) is 5.11. The molecule has 114 valence electrons. The highest BCUT2D eigenvalue weighted by molar-refractivity contribution is 5.36. The Labute approximate surface area is 117 Å². The van der Waals surface area contributed by atoms with E-state index in [2.05, 4.69) is 5.32 Å². The zero-order chi connectivity index (χ0) is 15.3. The lowest BCUT2D eigenvalue weighted by atomic mass is 9.92. The van der Waals surface area contributed by atoms with Crippen LogP contribution in [0.5, 0.6) is 0 Å². The molecule has 0 aliphatic carbocycles. The van der Waals surface area contributed by atoms with Gasteiger partial charge in [0, 0.05) is 12.5 Å². The van der Waals surface area contributed by atoms with Crippen LogP contribution in [0.15, 0.2) is 12.1 Å². The van der Waals surface area contributed by atoms with Gasteiger partial charge in [-0.15, -0.1) is 0 Å². The van der Waals surface area contributed by atoms with E-state index >= 15 is 0 Å². The van der Waals surface area contributed by atoms with E-state index in [-0.39, 0.29) is 12.2 Å². The minimum atomic E-state index is -4.17. The number of halogens is 4. The van der Waals surface area contributed by atoms with Gasteiger partial charge in [0.25, 0.3) is 0 Å². The molecule has 0 fully saturated rings. The standard InChI is InChI=1S/C15H21F4N/c1-4-7-20-13(5-6-15(17,18)19)14-10(2)8-12(16)9-11(14)3/h8-9,13,20H,4-7H2,1-3H3. The molecule has 1 unspecified atom stereocenters. The summed E-state index contributed by atoms with van der Waals surface area (Å²) >= 11 is 0. The SMILES string of the molecule is CCCNC(CCC(F)(F)F)c1c(C)cc(F)cc1C. The normalized spacial score (nSPS) is 13.6. The molecule has 0 aliphatic heterocycles. The zero-order valence-electron chi connectivity index (χ0n) is 12.1. The van der Waals surface area contributed by atoms with Crippen LogP contribution < -0.4 is 5.32 Å². The van der Waals surface area contributed by atoms with Crippen LogP contribution in [-0.4, -0.2) is 12.7 Å². The van der Waals surface area contributed by atoms with Gasteiger partial charge in [0.15, 0.2) is 0 Å². The van der Waals surface area contributed by atoms with Crippen molar-refractivity contribution in [3.8, 4) is 0 Å². The molecular formula is C15H21F4N. The summed E-state index contributed by atoms with van der Waals surface area (Å²) in [5.74, 6) is -0.353. The predicted octanol–water partition coefficient (Wildman–Crippen LogP) is 4.83. The highest BCUT2D eigenvalue weighted by atomic mass is 19.4. The Kier molecular flexibility index (Phi) is 5.99. The van der Waals surface area contributed by atoms with Crippen molar-refractivity contribution in [1.29, 1.82) is 0 Å². The lowest BCUT2D eigenvalue weighted by Crippen LogP contribution is -2.25. The number of rotatable bonds is 6. The Morgan fingerprint density at radius 1 is 1.15 bits per heavy atom. The van der Waals surface area contributed by atoms with Crippen molar-refractivity contribution >= 4 is 0 Å². The molecule has 1 N–H and O–H groups in total. The number of benzene rings is 1. The van der Waals surface area contributed by atoms with Gasteiger partial charge < -0.3 is 5.32 Å². The third-order valence-corrected chi connectivity index (χ3v) is 3.26. The fraction of sp³-hybridized carbons (Fsp3) is 0.600. The molecule has 0 spiro atoms. The van der Waals surface area contributed by atoms with Crippen LogP contribution in [0.1, 0.15) is 48.9 Å². The van der Waals surface area contributed by atoms with Gasteiger partial charge in [-0.3, -0.25) is 0 Å². The van der Waals surface area contributed by atoms with E-state index in [9.17, 15) is 17.6 Å². The average molecular weight is 291 g/mol. The number of aryl methyl sites for hydroxylation is 2. The van der Waals surface area contributed by atoms with E-state index in [1.807, 2.05) is 6.92 Å². The third-order valence-electron chi connectivity index (χ3n) is 3.26. The molecule has 1 rings (SSSR count). The first-order valence-corrected chi connectivity index (χ1v) is 6.81. The van der Waals surface area contributed by atoms with Crippen LogP contribution in [-0.2, 0) is 0 Å². The fourth-order valence-corrected chi connectivity index (χ4v) is 2.45. The molecule has 1 aromatic carbocycles. The van der Waals surface area contributed by atoms with Crippen molar-refractivity contribution < 1.29 is 17.6 Å². The van der Waals surface area contributed by atoms with Gasteiger partial charge in [-0.1, -0.05) is 6.92 Å². The first-order chi connectivity index (χ1) is 9.24. The van der Waals surface area contributed by atoms with Crippen molar-refractivity contribution in [3.63, 3.8) is 0 Å². The van der Waals surface area contributed by atoms with Gasteiger partial charge in [-0.25, -0.2) is 4.39 Å². The van der Waals surface area contributed by atoms with Crippen LogP contribution in [0.2, 0.25) is 0 Å². The van der Waals surface area contributed by atoms with Crippen molar-refractivity contribution in [2.45, 2.75) is 52.3 Å². The quantitative estimate of drug-likeness (QED) is 0.740. The van der Waals surface area contributed by atoms with Crippen LogP contribution >= 0.6 is 0 Å². The molecule has 0 aliphatic rings. The van der Waals surface area contributed by atoms with Crippen molar-refractivity contribution in [2.75, 3.05) is 6.54 Å². The summed E-state index contributed by atoms with van der Waals surface area (Å²) in [6.45, 7) is 6.07. The van der Waals surface area contributed by atoms with E-state index in [4.69, 9.17) is 0 Å². The minimum Gasteiger partial charge on any atom is -0.310 e. The Hall–Kier alpha value is -1.10. The summed E-state index contributed by atoms with van der Waals surface area (Å²) in [5.41, 5.74) is 2.17. The highest BCUT2D eigenvalue weighted by Crippen LogP contribution is 2.31. The fourth-order valence-electron chi connectivity index (χ4n) is 2.45. The van der Waals surface area contributed by atoms with Gasteiger partial charge in [-0.05, 0) is 62.1 Å². The minimum absolute atomic E-state index is 0.0309. The van der Waals surface area contributed by atoms with Crippen molar-refractivity contribution in [1.82, 2.24) is 5.32 Å². The van der Waals surface area contributed by atoms with Crippen LogP contribution in [0.4, 0.5) is 17.6 Å². The molecule has 0 aromatic heterocycles. The maximum absolute atomic E-state index is 13.3. The van der Waals surface area contributed by atoms with Gasteiger partial charge in [0.05, 0.1) is 0 Å². The Morgan fingerprint density at radius 3 is 2.15 bits per heavy atom. The largest absolute Gasteiger partial charge is 0.389 e. The summed E-state index contributed by atoms with van der Waals surface area (Å²) in [6, 6.07) is 2.35. The third kappa shape index (κ3) is 5.12. The molecule has 0 heterocycles. The van der Waals surface area contributed by atoms with Crippen molar-refractivity contribution in [3.05, 3.63) is 34.6 Å². The van der Waals surface area contributed by atoms with Gasteiger partial charge in [0.1, 0.15) is 5.82 Å². The summed E-state index contributed by atoms with van der Waals surface area (Å²) < 4.78 is 50.6. The van der Waals surface area contributed by atoms with E-state index in [0.717, 1.165) is 12.0 Å². The van der Waals surface area contributed by atoms with Crippen LogP contribution in [0.25, 0.3) is 0 Å².